The first-order valence-corrected chi connectivity index (χ1v) is 7.64. The molecule has 0 radical (unpaired) electrons. The predicted octanol–water partition coefficient (Wildman–Crippen LogP) is 3.22. The number of fused-ring (bicyclic) bond motifs is 1. The summed E-state index contributed by atoms with van der Waals surface area (Å²) in [6.45, 7) is 5.95. The fourth-order valence-electron chi connectivity index (χ4n) is 2.16. The van der Waals surface area contributed by atoms with E-state index in [1.165, 1.54) is 0 Å². The van der Waals surface area contributed by atoms with E-state index in [1.807, 2.05) is 12.1 Å². The van der Waals surface area contributed by atoms with Gasteiger partial charge in [-0.25, -0.2) is 4.79 Å². The molecular formula is C15H16BrNO3. The van der Waals surface area contributed by atoms with Crippen molar-refractivity contribution in [2.45, 2.75) is 13.8 Å². The van der Waals surface area contributed by atoms with Crippen molar-refractivity contribution in [1.29, 1.82) is 0 Å². The molecule has 0 N–H and O–H groups in total. The molecule has 4 nitrogen and oxygen atoms in total. The molecule has 106 valence electrons. The number of carbonyl (C=O) groups excluding carboxylic acids is 1. The van der Waals surface area contributed by atoms with Gasteiger partial charge in [-0.3, -0.25) is 4.79 Å². The maximum Gasteiger partial charge on any atom is 0.347 e. The first-order valence-electron chi connectivity index (χ1n) is 6.52. The third-order valence-electron chi connectivity index (χ3n) is 3.27. The molecule has 0 saturated heterocycles. The molecule has 0 fully saturated rings. The van der Waals surface area contributed by atoms with Crippen molar-refractivity contribution in [1.82, 2.24) is 0 Å². The summed E-state index contributed by atoms with van der Waals surface area (Å²) < 4.78 is 5.20. The molecule has 0 spiro atoms. The van der Waals surface area contributed by atoms with Gasteiger partial charge in [0.1, 0.15) is 11.1 Å². The third-order valence-corrected chi connectivity index (χ3v) is 3.78. The standard InChI is InChI=1S/C15H16BrNO3/c1-3-17(4-2)11-5-6-14-10(7-11)8-12(13(18)9-16)15(19)20-14/h5-8H,3-4,9H2,1-2H3. The van der Waals surface area contributed by atoms with Gasteiger partial charge >= 0.3 is 5.63 Å². The van der Waals surface area contributed by atoms with Gasteiger partial charge in [0.25, 0.3) is 0 Å². The summed E-state index contributed by atoms with van der Waals surface area (Å²) in [5, 5.41) is 0.872. The number of Topliss-reactive ketones (excluding diaryl/α,β-unsaturated/α-hetero) is 1. The smallest absolute Gasteiger partial charge is 0.347 e. The van der Waals surface area contributed by atoms with Crippen LogP contribution in [0.15, 0.2) is 33.5 Å². The third kappa shape index (κ3) is 2.77. The van der Waals surface area contributed by atoms with Gasteiger partial charge in [0.2, 0.25) is 0 Å². The number of nitrogens with zero attached hydrogens (tertiary/aromatic N) is 1. The van der Waals surface area contributed by atoms with Crippen molar-refractivity contribution in [3.63, 3.8) is 0 Å². The fraction of sp³-hybridized carbons (Fsp3) is 0.333. The topological polar surface area (TPSA) is 50.5 Å². The predicted molar refractivity (Wildman–Crippen MR) is 84.2 cm³/mol. The second-order valence-corrected chi connectivity index (χ2v) is 4.96. The Balaban J connectivity index is 2.59. The van der Waals surface area contributed by atoms with E-state index >= 15 is 0 Å². The van der Waals surface area contributed by atoms with Crippen molar-refractivity contribution >= 4 is 38.4 Å². The normalized spacial score (nSPS) is 10.8. The Morgan fingerprint density at radius 1 is 1.25 bits per heavy atom. The van der Waals surface area contributed by atoms with Crippen molar-refractivity contribution in [3.05, 3.63) is 40.2 Å². The molecule has 0 saturated carbocycles. The van der Waals surface area contributed by atoms with Crippen LogP contribution in [0, 0.1) is 0 Å². The quantitative estimate of drug-likeness (QED) is 0.477. The van der Waals surface area contributed by atoms with Gasteiger partial charge in [-0.2, -0.15) is 0 Å². The Morgan fingerprint density at radius 3 is 2.55 bits per heavy atom. The Labute approximate surface area is 125 Å². The second-order valence-electron chi connectivity index (χ2n) is 4.40. The van der Waals surface area contributed by atoms with Crippen molar-refractivity contribution in [2.75, 3.05) is 23.3 Å². The molecule has 20 heavy (non-hydrogen) atoms. The van der Waals surface area contributed by atoms with Crippen LogP contribution in [-0.4, -0.2) is 24.2 Å². The lowest BCUT2D eigenvalue weighted by Crippen LogP contribution is -2.21. The molecule has 1 aromatic heterocycles. The highest BCUT2D eigenvalue weighted by Crippen LogP contribution is 2.22. The van der Waals surface area contributed by atoms with Gasteiger partial charge < -0.3 is 9.32 Å². The summed E-state index contributed by atoms with van der Waals surface area (Å²) in [4.78, 5) is 25.6. The monoisotopic (exact) mass is 337 g/mol. The van der Waals surface area contributed by atoms with Crippen molar-refractivity contribution < 1.29 is 9.21 Å². The van der Waals surface area contributed by atoms with E-state index in [9.17, 15) is 9.59 Å². The van der Waals surface area contributed by atoms with Crippen molar-refractivity contribution in [2.24, 2.45) is 0 Å². The lowest BCUT2D eigenvalue weighted by molar-refractivity contribution is 0.102. The minimum absolute atomic E-state index is 0.0890. The van der Waals surface area contributed by atoms with E-state index in [2.05, 4.69) is 34.7 Å². The number of hydrogen-bond donors (Lipinski definition) is 0. The molecule has 2 rings (SSSR count). The molecule has 0 aliphatic heterocycles. The molecule has 0 aliphatic rings. The number of benzene rings is 1. The van der Waals surface area contributed by atoms with Gasteiger partial charge in [-0.1, -0.05) is 15.9 Å². The molecule has 0 unspecified atom stereocenters. The second kappa shape index (κ2) is 6.22. The zero-order valence-corrected chi connectivity index (χ0v) is 13.1. The number of halogens is 1. The number of rotatable bonds is 5. The summed E-state index contributed by atoms with van der Waals surface area (Å²) in [6, 6.07) is 7.24. The Bertz CT molecular complexity index is 689. The molecular weight excluding hydrogens is 322 g/mol. The molecule has 5 heteroatoms. The number of anilines is 1. The Morgan fingerprint density at radius 2 is 1.95 bits per heavy atom. The highest BCUT2D eigenvalue weighted by molar-refractivity contribution is 9.09. The summed E-state index contributed by atoms with van der Waals surface area (Å²) in [7, 11) is 0. The van der Waals surface area contributed by atoms with Crippen LogP contribution in [0.5, 0.6) is 0 Å². The van der Waals surface area contributed by atoms with Gasteiger partial charge in [-0.05, 0) is 38.1 Å². The highest BCUT2D eigenvalue weighted by Gasteiger charge is 2.13. The van der Waals surface area contributed by atoms with Crippen LogP contribution in [0.2, 0.25) is 0 Å². The zero-order chi connectivity index (χ0) is 14.7. The number of hydrogen-bond acceptors (Lipinski definition) is 4. The van der Waals surface area contributed by atoms with E-state index in [1.54, 1.807) is 12.1 Å². The first kappa shape index (κ1) is 14.8. The first-order chi connectivity index (χ1) is 9.60. The summed E-state index contributed by atoms with van der Waals surface area (Å²) in [5.74, 6) is -0.270. The lowest BCUT2D eigenvalue weighted by Gasteiger charge is -2.21. The van der Waals surface area contributed by atoms with E-state index in [0.717, 1.165) is 24.2 Å². The SMILES string of the molecule is CCN(CC)c1ccc2oc(=O)c(C(=O)CBr)cc2c1. The number of carbonyl (C=O) groups is 1. The number of ketones is 1. The van der Waals surface area contributed by atoms with E-state index in [0.29, 0.717) is 5.58 Å². The Kier molecular flexibility index (Phi) is 4.60. The number of alkyl halides is 1. The summed E-state index contributed by atoms with van der Waals surface area (Å²) in [5.41, 5.74) is 1.05. The van der Waals surface area contributed by atoms with E-state index < -0.39 is 5.63 Å². The molecule has 0 amide bonds. The maximum absolute atomic E-state index is 11.7. The molecule has 0 bridgehead atoms. The van der Waals surface area contributed by atoms with E-state index in [4.69, 9.17) is 4.42 Å². The van der Waals surface area contributed by atoms with Gasteiger partial charge in [0.15, 0.2) is 5.78 Å². The van der Waals surface area contributed by atoms with Gasteiger partial charge in [0.05, 0.1) is 5.33 Å². The summed E-state index contributed by atoms with van der Waals surface area (Å²) >= 11 is 3.07. The minimum Gasteiger partial charge on any atom is -0.422 e. The van der Waals surface area contributed by atoms with E-state index in [-0.39, 0.29) is 16.7 Å². The average Bonchev–Trinajstić information content (AvgIpc) is 2.47. The molecule has 0 aliphatic carbocycles. The van der Waals surface area contributed by atoms with Crippen LogP contribution in [-0.2, 0) is 0 Å². The average molecular weight is 338 g/mol. The molecule has 1 heterocycles. The minimum atomic E-state index is -0.586. The largest absolute Gasteiger partial charge is 0.422 e. The molecule has 0 atom stereocenters. The zero-order valence-electron chi connectivity index (χ0n) is 11.5. The molecule has 2 aromatic rings. The van der Waals surface area contributed by atoms with Crippen LogP contribution in [0.25, 0.3) is 11.0 Å². The van der Waals surface area contributed by atoms with Crippen LogP contribution in [0.3, 0.4) is 0 Å². The van der Waals surface area contributed by atoms with Gasteiger partial charge in [0, 0.05) is 24.2 Å². The van der Waals surface area contributed by atoms with Crippen LogP contribution >= 0.6 is 15.9 Å². The van der Waals surface area contributed by atoms with Gasteiger partial charge in [-0.15, -0.1) is 0 Å². The highest BCUT2D eigenvalue weighted by atomic mass is 79.9. The maximum atomic E-state index is 11.7. The lowest BCUT2D eigenvalue weighted by atomic mass is 10.1. The van der Waals surface area contributed by atoms with Crippen LogP contribution < -0.4 is 10.5 Å². The van der Waals surface area contributed by atoms with Crippen LogP contribution in [0.1, 0.15) is 24.2 Å². The van der Waals surface area contributed by atoms with Crippen LogP contribution in [0.4, 0.5) is 5.69 Å². The fourth-order valence-corrected chi connectivity index (χ4v) is 2.46. The summed E-state index contributed by atoms with van der Waals surface area (Å²) in [6.07, 6.45) is 0. The molecule has 1 aromatic carbocycles. The Hall–Kier alpha value is -1.62. The van der Waals surface area contributed by atoms with Crippen molar-refractivity contribution in [3.8, 4) is 0 Å².